The van der Waals surface area contributed by atoms with Crippen molar-refractivity contribution in [3.63, 3.8) is 0 Å². The summed E-state index contributed by atoms with van der Waals surface area (Å²) in [6, 6.07) is 7.88. The molecular weight excluding hydrogens is 226 g/mol. The van der Waals surface area contributed by atoms with Crippen LogP contribution in [0.25, 0.3) is 0 Å². The molecule has 1 N–H and O–H groups in total. The van der Waals surface area contributed by atoms with E-state index in [4.69, 9.17) is 16.3 Å². The third-order valence-electron chi connectivity index (χ3n) is 2.22. The van der Waals surface area contributed by atoms with E-state index in [0.29, 0.717) is 25.5 Å². The Morgan fingerprint density at radius 1 is 1.38 bits per heavy atom. The first kappa shape index (κ1) is 13.0. The van der Waals surface area contributed by atoms with Gasteiger partial charge in [-0.3, -0.25) is 4.79 Å². The number of hydrogen-bond acceptors (Lipinski definition) is 2. The summed E-state index contributed by atoms with van der Waals surface area (Å²) in [5, 5.41) is 2.82. The molecule has 3 nitrogen and oxygen atoms in total. The first-order valence-corrected chi connectivity index (χ1v) is 5.69. The number of methoxy groups -OCH3 is 1. The zero-order chi connectivity index (χ0) is 11.8. The number of rotatable bonds is 6. The summed E-state index contributed by atoms with van der Waals surface area (Å²) in [5.74, 6) is 0.327. The van der Waals surface area contributed by atoms with Gasteiger partial charge in [0, 0.05) is 26.0 Å². The summed E-state index contributed by atoms with van der Waals surface area (Å²) in [5.41, 5.74) is 2.17. The second-order valence-corrected chi connectivity index (χ2v) is 3.80. The number of benzene rings is 1. The van der Waals surface area contributed by atoms with Crippen LogP contribution in [0.1, 0.15) is 17.5 Å². The summed E-state index contributed by atoms with van der Waals surface area (Å²) in [7, 11) is 1.66. The van der Waals surface area contributed by atoms with Crippen molar-refractivity contribution in [2.24, 2.45) is 0 Å². The summed E-state index contributed by atoms with van der Waals surface area (Å²) in [6.45, 7) is 1.08. The lowest BCUT2D eigenvalue weighted by molar-refractivity contribution is -0.120. The molecule has 0 fully saturated rings. The van der Waals surface area contributed by atoms with Gasteiger partial charge in [-0.05, 0) is 11.1 Å². The SMILES string of the molecule is COCc1ccccc1CNC(=O)CCCl. The summed E-state index contributed by atoms with van der Waals surface area (Å²) in [4.78, 5) is 11.3. The predicted molar refractivity (Wildman–Crippen MR) is 64.3 cm³/mol. The van der Waals surface area contributed by atoms with Gasteiger partial charge in [-0.1, -0.05) is 24.3 Å². The highest BCUT2D eigenvalue weighted by Crippen LogP contribution is 2.09. The van der Waals surface area contributed by atoms with Crippen LogP contribution in [0.15, 0.2) is 24.3 Å². The lowest BCUT2D eigenvalue weighted by Gasteiger charge is -2.09. The van der Waals surface area contributed by atoms with Crippen molar-refractivity contribution >= 4 is 17.5 Å². The second kappa shape index (κ2) is 7.25. The molecule has 0 spiro atoms. The molecule has 1 rings (SSSR count). The van der Waals surface area contributed by atoms with Crippen molar-refractivity contribution in [3.05, 3.63) is 35.4 Å². The van der Waals surface area contributed by atoms with Crippen LogP contribution >= 0.6 is 11.6 Å². The highest BCUT2D eigenvalue weighted by Gasteiger charge is 2.03. The van der Waals surface area contributed by atoms with Gasteiger partial charge in [-0.2, -0.15) is 0 Å². The molecule has 4 heteroatoms. The van der Waals surface area contributed by atoms with Crippen LogP contribution in [-0.4, -0.2) is 18.9 Å². The Morgan fingerprint density at radius 2 is 2.06 bits per heavy atom. The molecule has 0 saturated carbocycles. The Bertz CT molecular complexity index is 342. The maximum atomic E-state index is 11.3. The molecule has 88 valence electrons. The molecule has 0 unspecified atom stereocenters. The fourth-order valence-electron chi connectivity index (χ4n) is 1.39. The number of nitrogens with one attached hydrogen (secondary N) is 1. The van der Waals surface area contributed by atoms with Crippen molar-refractivity contribution in [1.29, 1.82) is 0 Å². The van der Waals surface area contributed by atoms with E-state index in [1.165, 1.54) is 0 Å². The Hall–Kier alpha value is -1.06. The van der Waals surface area contributed by atoms with E-state index in [-0.39, 0.29) is 5.91 Å². The molecule has 0 heterocycles. The van der Waals surface area contributed by atoms with Gasteiger partial charge in [0.2, 0.25) is 5.91 Å². The van der Waals surface area contributed by atoms with E-state index < -0.39 is 0 Å². The van der Waals surface area contributed by atoms with Crippen molar-refractivity contribution in [2.45, 2.75) is 19.6 Å². The van der Waals surface area contributed by atoms with Crippen LogP contribution in [0, 0.1) is 0 Å². The first-order chi connectivity index (χ1) is 7.77. The van der Waals surface area contributed by atoms with Gasteiger partial charge in [0.25, 0.3) is 0 Å². The molecule has 1 aromatic rings. The molecule has 0 aliphatic carbocycles. The van der Waals surface area contributed by atoms with Gasteiger partial charge in [0.05, 0.1) is 6.61 Å². The lowest BCUT2D eigenvalue weighted by Crippen LogP contribution is -2.23. The zero-order valence-corrected chi connectivity index (χ0v) is 10.1. The molecule has 0 saturated heterocycles. The normalized spacial score (nSPS) is 10.1. The van der Waals surface area contributed by atoms with Crippen LogP contribution in [0.4, 0.5) is 0 Å². The maximum Gasteiger partial charge on any atom is 0.221 e. The van der Waals surface area contributed by atoms with Crippen molar-refractivity contribution < 1.29 is 9.53 Å². The van der Waals surface area contributed by atoms with Crippen molar-refractivity contribution in [3.8, 4) is 0 Å². The van der Waals surface area contributed by atoms with E-state index in [1.54, 1.807) is 7.11 Å². The van der Waals surface area contributed by atoms with Gasteiger partial charge in [0.15, 0.2) is 0 Å². The van der Waals surface area contributed by atoms with Crippen LogP contribution in [0.5, 0.6) is 0 Å². The highest BCUT2D eigenvalue weighted by atomic mass is 35.5. The molecule has 16 heavy (non-hydrogen) atoms. The van der Waals surface area contributed by atoms with E-state index in [1.807, 2.05) is 24.3 Å². The summed E-state index contributed by atoms with van der Waals surface area (Å²) >= 11 is 5.48. The van der Waals surface area contributed by atoms with E-state index in [0.717, 1.165) is 11.1 Å². The first-order valence-electron chi connectivity index (χ1n) is 5.16. The number of carbonyl (C=O) groups is 1. The molecular formula is C12H16ClNO2. The monoisotopic (exact) mass is 241 g/mol. The number of ether oxygens (including phenoxy) is 1. The topological polar surface area (TPSA) is 38.3 Å². The number of hydrogen-bond donors (Lipinski definition) is 1. The fraction of sp³-hybridized carbons (Fsp3) is 0.417. The van der Waals surface area contributed by atoms with Gasteiger partial charge in [-0.25, -0.2) is 0 Å². The molecule has 0 aliphatic heterocycles. The lowest BCUT2D eigenvalue weighted by atomic mass is 10.1. The molecule has 0 aliphatic rings. The highest BCUT2D eigenvalue weighted by molar-refractivity contribution is 6.18. The standard InChI is InChI=1S/C12H16ClNO2/c1-16-9-11-5-3-2-4-10(11)8-14-12(15)6-7-13/h2-5H,6-9H2,1H3,(H,14,15). The smallest absolute Gasteiger partial charge is 0.221 e. The molecule has 0 bridgehead atoms. The minimum absolute atomic E-state index is 0.0257. The number of carbonyl (C=O) groups excluding carboxylic acids is 1. The molecule has 0 atom stereocenters. The van der Waals surface area contributed by atoms with Gasteiger partial charge in [0.1, 0.15) is 0 Å². The minimum Gasteiger partial charge on any atom is -0.380 e. The summed E-state index contributed by atoms with van der Waals surface area (Å²) < 4.78 is 5.09. The largest absolute Gasteiger partial charge is 0.380 e. The summed E-state index contributed by atoms with van der Waals surface area (Å²) in [6.07, 6.45) is 0.355. The Kier molecular flexibility index (Phi) is 5.90. The molecule has 1 aromatic carbocycles. The average molecular weight is 242 g/mol. The van der Waals surface area contributed by atoms with Crippen LogP contribution in [0.3, 0.4) is 0 Å². The number of amides is 1. The van der Waals surface area contributed by atoms with E-state index in [2.05, 4.69) is 5.32 Å². The van der Waals surface area contributed by atoms with Crippen LogP contribution in [0.2, 0.25) is 0 Å². The number of halogens is 1. The second-order valence-electron chi connectivity index (χ2n) is 3.42. The zero-order valence-electron chi connectivity index (χ0n) is 9.33. The number of alkyl halides is 1. The molecule has 0 radical (unpaired) electrons. The molecule has 1 amide bonds. The van der Waals surface area contributed by atoms with Crippen LogP contribution < -0.4 is 5.32 Å². The predicted octanol–water partition coefficient (Wildman–Crippen LogP) is 2.08. The quantitative estimate of drug-likeness (QED) is 0.775. The average Bonchev–Trinajstić information content (AvgIpc) is 2.29. The minimum atomic E-state index is -0.0257. The van der Waals surface area contributed by atoms with Gasteiger partial charge < -0.3 is 10.1 Å². The Morgan fingerprint density at radius 3 is 2.69 bits per heavy atom. The van der Waals surface area contributed by atoms with Crippen molar-refractivity contribution in [2.75, 3.05) is 13.0 Å². The molecule has 0 aromatic heterocycles. The Balaban J connectivity index is 2.55. The van der Waals surface area contributed by atoms with Gasteiger partial charge in [-0.15, -0.1) is 11.6 Å². The third-order valence-corrected chi connectivity index (χ3v) is 2.40. The van der Waals surface area contributed by atoms with E-state index in [9.17, 15) is 4.79 Å². The van der Waals surface area contributed by atoms with Gasteiger partial charge >= 0.3 is 0 Å². The fourth-order valence-corrected chi connectivity index (χ4v) is 1.57. The van der Waals surface area contributed by atoms with E-state index >= 15 is 0 Å². The third kappa shape index (κ3) is 4.21. The maximum absolute atomic E-state index is 11.3. The van der Waals surface area contributed by atoms with Crippen molar-refractivity contribution in [1.82, 2.24) is 5.32 Å². The van der Waals surface area contributed by atoms with Crippen LogP contribution in [-0.2, 0) is 22.7 Å². The Labute approximate surface area is 101 Å².